The summed E-state index contributed by atoms with van der Waals surface area (Å²) >= 11 is 0. The van der Waals surface area contributed by atoms with Gasteiger partial charge in [0.25, 0.3) is 10.1 Å². The first-order valence-corrected chi connectivity index (χ1v) is 17.9. The Morgan fingerprint density at radius 2 is 1.10 bits per heavy atom. The minimum absolute atomic E-state index is 0.270. The second-order valence-corrected chi connectivity index (χ2v) is 12.7. The fourth-order valence-electron chi connectivity index (χ4n) is 4.60. The molecule has 3 atom stereocenters. The summed E-state index contributed by atoms with van der Waals surface area (Å²) in [6.07, 6.45) is 30.7. The molecule has 240 valence electrons. The Morgan fingerprint density at radius 1 is 0.659 bits per heavy atom. The fraction of sp³-hybridized carbons (Fsp3) is 0.788. The van der Waals surface area contributed by atoms with E-state index in [9.17, 15) is 28.0 Å². The zero-order valence-corrected chi connectivity index (χ0v) is 26.8. The lowest BCUT2D eigenvalue weighted by Gasteiger charge is -2.22. The average molecular weight is 600 g/mol. The average Bonchev–Trinajstić information content (AvgIpc) is 2.92. The van der Waals surface area contributed by atoms with Crippen molar-refractivity contribution in [2.24, 2.45) is 0 Å². The highest BCUT2D eigenvalue weighted by Crippen LogP contribution is 2.12. The third kappa shape index (κ3) is 27.1. The van der Waals surface area contributed by atoms with Gasteiger partial charge >= 0.3 is 0 Å². The van der Waals surface area contributed by atoms with E-state index in [0.717, 1.165) is 44.9 Å². The number of aliphatic hydroxyl groups is 2. The number of rotatable bonds is 28. The highest BCUT2D eigenvalue weighted by molar-refractivity contribution is 7.85. The second-order valence-electron chi connectivity index (χ2n) is 11.2. The monoisotopic (exact) mass is 599 g/mol. The zero-order valence-electron chi connectivity index (χ0n) is 26.0. The van der Waals surface area contributed by atoms with Crippen LogP contribution in [0, 0.1) is 0 Å². The molecule has 0 aliphatic carbocycles. The molecule has 0 radical (unpaired) electrons. The summed E-state index contributed by atoms with van der Waals surface area (Å²) in [5.74, 6) is -1.57. The van der Waals surface area contributed by atoms with E-state index in [1.807, 2.05) is 0 Å². The van der Waals surface area contributed by atoms with E-state index in [0.29, 0.717) is 12.8 Å². The summed E-state index contributed by atoms with van der Waals surface area (Å²) < 4.78 is 32.2. The summed E-state index contributed by atoms with van der Waals surface area (Å²) in [6.45, 7) is 4.42. The lowest BCUT2D eigenvalue weighted by Crippen LogP contribution is -2.50. The summed E-state index contributed by atoms with van der Waals surface area (Å²) in [6, 6.07) is -1.25. The van der Waals surface area contributed by atoms with Crippen LogP contribution in [0.2, 0.25) is 0 Å². The summed E-state index contributed by atoms with van der Waals surface area (Å²) in [4.78, 5) is 12.4. The molecule has 1 amide bonds. The molecule has 0 aromatic rings. The fourth-order valence-corrected chi connectivity index (χ4v) is 5.34. The van der Waals surface area contributed by atoms with E-state index in [2.05, 4.69) is 43.5 Å². The highest BCUT2D eigenvalue weighted by Gasteiger charge is 2.27. The quantitative estimate of drug-likeness (QED) is 0.0417. The molecule has 0 saturated heterocycles. The van der Waals surface area contributed by atoms with Crippen LogP contribution in [-0.2, 0) is 14.9 Å². The van der Waals surface area contributed by atoms with Gasteiger partial charge in [0.2, 0.25) is 5.91 Å². The molecule has 0 aromatic carbocycles. The van der Waals surface area contributed by atoms with Crippen LogP contribution in [0.5, 0.6) is 0 Å². The van der Waals surface area contributed by atoms with Crippen molar-refractivity contribution in [1.29, 1.82) is 0 Å². The highest BCUT2D eigenvalue weighted by atomic mass is 32.2. The minimum Gasteiger partial charge on any atom is -0.387 e. The minimum atomic E-state index is -4.44. The predicted molar refractivity (Wildman–Crippen MR) is 171 cm³/mol. The van der Waals surface area contributed by atoms with Crippen molar-refractivity contribution in [3.05, 3.63) is 36.5 Å². The topological polar surface area (TPSA) is 124 Å². The largest absolute Gasteiger partial charge is 0.387 e. The molecule has 0 bridgehead atoms. The van der Waals surface area contributed by atoms with Crippen molar-refractivity contribution in [3.8, 4) is 0 Å². The molecule has 8 heteroatoms. The second kappa shape index (κ2) is 27.4. The summed E-state index contributed by atoms with van der Waals surface area (Å²) in [5, 5.41) is 23.1. The molecule has 0 aromatic heterocycles. The molecule has 0 aliphatic heterocycles. The maximum absolute atomic E-state index is 12.4. The zero-order chi connectivity index (χ0) is 30.6. The van der Waals surface area contributed by atoms with Gasteiger partial charge in [-0.15, -0.1) is 0 Å². The third-order valence-electron chi connectivity index (χ3n) is 7.15. The molecule has 41 heavy (non-hydrogen) atoms. The molecule has 0 aliphatic rings. The van der Waals surface area contributed by atoms with Gasteiger partial charge in [-0.05, 0) is 44.9 Å². The van der Waals surface area contributed by atoms with E-state index in [1.54, 1.807) is 6.08 Å². The van der Waals surface area contributed by atoms with Gasteiger partial charge in [0, 0.05) is 0 Å². The Morgan fingerprint density at radius 3 is 1.61 bits per heavy atom. The number of aliphatic hydroxyl groups excluding tert-OH is 2. The molecule has 4 N–H and O–H groups in total. The van der Waals surface area contributed by atoms with Crippen molar-refractivity contribution < 1.29 is 28.0 Å². The van der Waals surface area contributed by atoms with Crippen LogP contribution in [-0.4, -0.2) is 53.1 Å². The number of carbonyl (C=O) groups is 1. The molecular weight excluding hydrogens is 538 g/mol. The van der Waals surface area contributed by atoms with Crippen molar-refractivity contribution in [1.82, 2.24) is 5.32 Å². The summed E-state index contributed by atoms with van der Waals surface area (Å²) in [7, 11) is -4.44. The number of nitrogens with one attached hydrogen (secondary N) is 1. The molecule has 0 fully saturated rings. The van der Waals surface area contributed by atoms with Crippen LogP contribution in [0.4, 0.5) is 0 Å². The smallest absolute Gasteiger partial charge is 0.267 e. The third-order valence-corrected chi connectivity index (χ3v) is 7.94. The number of amides is 1. The lowest BCUT2D eigenvalue weighted by atomic mass is 10.0. The van der Waals surface area contributed by atoms with Crippen LogP contribution in [0.25, 0.3) is 0 Å². The Labute approximate surface area is 251 Å². The lowest BCUT2D eigenvalue weighted by molar-refractivity contribution is -0.130. The number of allylic oxidation sites excluding steroid dienone is 5. The van der Waals surface area contributed by atoms with E-state index in [-0.39, 0.29) is 6.42 Å². The van der Waals surface area contributed by atoms with Crippen molar-refractivity contribution in [2.75, 3.05) is 5.75 Å². The molecule has 3 unspecified atom stereocenters. The molecule has 0 saturated carbocycles. The van der Waals surface area contributed by atoms with Gasteiger partial charge in [0.1, 0.15) is 6.10 Å². The van der Waals surface area contributed by atoms with Gasteiger partial charge in [-0.1, -0.05) is 134 Å². The van der Waals surface area contributed by atoms with E-state index in [1.165, 1.54) is 70.3 Å². The maximum Gasteiger partial charge on any atom is 0.267 e. The van der Waals surface area contributed by atoms with Crippen molar-refractivity contribution >= 4 is 16.0 Å². The number of hydrogen-bond donors (Lipinski definition) is 4. The van der Waals surface area contributed by atoms with Crippen LogP contribution in [0.1, 0.15) is 142 Å². The van der Waals surface area contributed by atoms with Crippen LogP contribution >= 0.6 is 0 Å². The van der Waals surface area contributed by atoms with Crippen molar-refractivity contribution in [3.63, 3.8) is 0 Å². The first-order valence-electron chi connectivity index (χ1n) is 16.3. The van der Waals surface area contributed by atoms with Gasteiger partial charge in [-0.3, -0.25) is 9.35 Å². The Kier molecular flexibility index (Phi) is 26.4. The normalized spacial score (nSPS) is 14.8. The van der Waals surface area contributed by atoms with Gasteiger partial charge < -0.3 is 15.5 Å². The Hall–Kier alpha value is -1.48. The first kappa shape index (κ1) is 39.5. The summed E-state index contributed by atoms with van der Waals surface area (Å²) in [5.41, 5.74) is 0. The number of hydrogen-bond acceptors (Lipinski definition) is 5. The van der Waals surface area contributed by atoms with Crippen molar-refractivity contribution in [2.45, 2.75) is 161 Å². The Bertz CT molecular complexity index is 809. The van der Waals surface area contributed by atoms with Crippen LogP contribution in [0.3, 0.4) is 0 Å². The standard InChI is InChI=1S/C33H61NO6S/c1-3-5-7-9-11-13-14-15-16-17-18-19-20-22-23-25-27-31(35)30(29-41(38,39)40)34-33(37)32(36)28-26-24-21-12-10-8-6-4-2/h15-16,19-20,25,27,30-32,35-36H,3-14,17-18,21-24,26,28-29H2,1-2H3,(H,34,37)(H,38,39,40)/b16-15+,20-19+,27-25+. The van der Waals surface area contributed by atoms with E-state index in [4.69, 9.17) is 0 Å². The number of carbonyl (C=O) groups excluding carboxylic acids is 1. The van der Waals surface area contributed by atoms with Gasteiger partial charge in [-0.25, -0.2) is 0 Å². The van der Waals surface area contributed by atoms with Gasteiger partial charge in [0.05, 0.1) is 17.9 Å². The van der Waals surface area contributed by atoms with Crippen LogP contribution in [0.15, 0.2) is 36.5 Å². The molecule has 0 spiro atoms. The van der Waals surface area contributed by atoms with E-state index >= 15 is 0 Å². The van der Waals surface area contributed by atoms with Crippen LogP contribution < -0.4 is 5.32 Å². The molecule has 0 heterocycles. The van der Waals surface area contributed by atoms with Gasteiger partial charge in [0.15, 0.2) is 0 Å². The molecule has 7 nitrogen and oxygen atoms in total. The first-order chi connectivity index (χ1) is 19.7. The molecule has 0 rings (SSSR count). The maximum atomic E-state index is 12.4. The number of unbranched alkanes of at least 4 members (excludes halogenated alkanes) is 15. The molecular formula is C33H61NO6S. The Balaban J connectivity index is 4.29. The SMILES string of the molecule is CCCCCCCC/C=C/CC/C=C/CC/C=C/C(O)C(CS(=O)(=O)O)NC(=O)C(O)CCCCCCCCCC. The van der Waals surface area contributed by atoms with E-state index < -0.39 is 40.0 Å². The predicted octanol–water partition coefficient (Wildman–Crippen LogP) is 7.59. The van der Waals surface area contributed by atoms with Gasteiger partial charge in [-0.2, -0.15) is 8.42 Å².